The number of aliphatic hydroxyl groups excluding tert-OH is 1. The van der Waals surface area contributed by atoms with Crippen molar-refractivity contribution in [1.82, 2.24) is 4.90 Å². The third kappa shape index (κ3) is 3.66. The number of para-hydroxylation sites is 2. The lowest BCUT2D eigenvalue weighted by atomic mass is 9.67. The number of benzene rings is 2. The Labute approximate surface area is 258 Å². The van der Waals surface area contributed by atoms with Crippen LogP contribution in [0.3, 0.4) is 0 Å². The highest BCUT2D eigenvalue weighted by Crippen LogP contribution is 2.64. The number of methoxy groups -OCH3 is 1. The first-order valence-corrected chi connectivity index (χ1v) is 14.2. The van der Waals surface area contributed by atoms with E-state index >= 15 is 4.79 Å². The number of carbonyl (C=O) groups is 5. The third-order valence-corrected chi connectivity index (χ3v) is 9.27. The molecule has 2 aromatic carbocycles. The van der Waals surface area contributed by atoms with E-state index in [-0.39, 0.29) is 29.2 Å². The predicted octanol–water partition coefficient (Wildman–Crippen LogP) is 3.25. The molecular weight excluding hydrogens is 578 g/mol. The number of hydrogen-bond acceptors (Lipinski definition) is 8. The zero-order valence-electron chi connectivity index (χ0n) is 25.3. The molecule has 45 heavy (non-hydrogen) atoms. The first-order valence-electron chi connectivity index (χ1n) is 14.2. The molecule has 2 fully saturated rings. The topological polar surface area (TPSA) is 168 Å². The monoisotopic (exact) mass is 609 g/mol. The highest BCUT2D eigenvalue weighted by atomic mass is 16.5. The smallest absolute Gasteiger partial charge is 0.300 e. The van der Waals surface area contributed by atoms with Crippen molar-refractivity contribution in [1.29, 1.82) is 0 Å². The maximum atomic E-state index is 15.2. The van der Waals surface area contributed by atoms with Crippen LogP contribution in [0.15, 0.2) is 88.7 Å². The molecule has 3 amide bonds. The van der Waals surface area contributed by atoms with Crippen LogP contribution in [0, 0.1) is 5.41 Å². The van der Waals surface area contributed by atoms with Crippen LogP contribution in [0.2, 0.25) is 0 Å². The summed E-state index contributed by atoms with van der Waals surface area (Å²) in [6, 6.07) is 11.5. The van der Waals surface area contributed by atoms with Gasteiger partial charge in [0.15, 0.2) is 11.3 Å². The van der Waals surface area contributed by atoms with Crippen LogP contribution in [-0.4, -0.2) is 62.6 Å². The van der Waals surface area contributed by atoms with Crippen LogP contribution in [0.5, 0.6) is 11.5 Å². The number of aromatic hydroxyl groups is 1. The molecule has 6 rings (SSSR count). The third-order valence-electron chi connectivity index (χ3n) is 9.27. The Morgan fingerprint density at radius 1 is 0.978 bits per heavy atom. The van der Waals surface area contributed by atoms with Gasteiger partial charge in [0.25, 0.3) is 11.7 Å². The maximum absolute atomic E-state index is 15.2. The van der Waals surface area contributed by atoms with E-state index in [2.05, 4.69) is 0 Å². The number of ketones is 2. The van der Waals surface area contributed by atoms with Crippen LogP contribution >= 0.6 is 0 Å². The number of hydrogen-bond donors (Lipinski definition) is 3. The van der Waals surface area contributed by atoms with E-state index in [1.165, 1.54) is 66.6 Å². The van der Waals surface area contributed by atoms with Gasteiger partial charge in [0.05, 0.1) is 29.4 Å². The number of anilines is 1. The molecule has 3 aliphatic heterocycles. The number of ether oxygens (including phenoxy) is 1. The Kier molecular flexibility index (Phi) is 6.27. The number of allylic oxidation sites excluding steroid dienone is 3. The van der Waals surface area contributed by atoms with Crippen LogP contribution in [0.4, 0.5) is 5.69 Å². The van der Waals surface area contributed by atoms with Gasteiger partial charge in [0, 0.05) is 16.8 Å². The summed E-state index contributed by atoms with van der Waals surface area (Å²) in [7, 11) is 1.45. The number of fused-ring (bicyclic) bond motifs is 2. The maximum Gasteiger partial charge on any atom is 0.300 e. The van der Waals surface area contributed by atoms with E-state index in [0.717, 1.165) is 4.90 Å². The molecule has 4 N–H and O–H groups in total. The average Bonchev–Trinajstić information content (AvgIpc) is 3.49. The molecule has 1 aliphatic carbocycles. The summed E-state index contributed by atoms with van der Waals surface area (Å²) in [5, 5.41) is 22.8. The zero-order valence-corrected chi connectivity index (χ0v) is 25.3. The van der Waals surface area contributed by atoms with E-state index in [1.807, 2.05) is 0 Å². The number of amides is 3. The summed E-state index contributed by atoms with van der Waals surface area (Å²) >= 11 is 0. The van der Waals surface area contributed by atoms with E-state index < -0.39 is 62.7 Å². The molecule has 4 aliphatic rings. The van der Waals surface area contributed by atoms with Gasteiger partial charge in [-0.25, -0.2) is 0 Å². The van der Waals surface area contributed by atoms with E-state index in [0.29, 0.717) is 16.9 Å². The number of phenolic OH excluding ortho intramolecular Hbond substituents is 1. The highest BCUT2D eigenvalue weighted by Gasteiger charge is 2.75. The van der Waals surface area contributed by atoms with Crippen LogP contribution < -0.4 is 15.4 Å². The average molecular weight is 610 g/mol. The van der Waals surface area contributed by atoms with Gasteiger partial charge in [-0.05, 0) is 82.2 Å². The summed E-state index contributed by atoms with van der Waals surface area (Å²) in [4.78, 5) is 72.1. The fraction of sp³-hybridized carbons (Fsp3) is 0.265. The molecule has 11 heteroatoms. The zero-order chi connectivity index (χ0) is 32.8. The van der Waals surface area contributed by atoms with E-state index in [4.69, 9.17) is 10.5 Å². The molecule has 0 unspecified atom stereocenters. The molecule has 2 atom stereocenters. The molecule has 0 radical (unpaired) electrons. The largest absolute Gasteiger partial charge is 0.507 e. The van der Waals surface area contributed by atoms with Crippen molar-refractivity contribution in [2.45, 2.75) is 45.2 Å². The van der Waals surface area contributed by atoms with Crippen LogP contribution in [-0.2, 0) is 24.0 Å². The molecule has 0 saturated carbocycles. The fourth-order valence-electron chi connectivity index (χ4n) is 7.42. The number of primary amides is 1. The second-order valence-corrected chi connectivity index (χ2v) is 12.3. The molecule has 0 bridgehead atoms. The van der Waals surface area contributed by atoms with Crippen molar-refractivity contribution in [2.24, 2.45) is 11.1 Å². The van der Waals surface area contributed by atoms with Gasteiger partial charge in [0.2, 0.25) is 5.91 Å². The van der Waals surface area contributed by atoms with Crippen LogP contribution in [0.1, 0.15) is 39.7 Å². The van der Waals surface area contributed by atoms with Gasteiger partial charge >= 0.3 is 5.91 Å². The fourth-order valence-corrected chi connectivity index (χ4v) is 7.42. The molecule has 11 nitrogen and oxygen atoms in total. The lowest BCUT2D eigenvalue weighted by Crippen LogP contribution is -2.59. The quantitative estimate of drug-likeness (QED) is 0.270. The molecule has 2 aromatic rings. The standard InChI is InChI=1S/C34H31N3O8/c1-17-15-33(18(2)14-23(17)39)16-32(3,4)37-28(33)25(29(35)42)34(31(37)44)24(26(40)19-10-12-20(45-5)13-11-19)27(41)30(43)36(34)21-8-6-7-9-22(21)38/h6-15,38,40H,16H2,1-5H3,(H2,35,42)/t33-,34+/m0/s1. The van der Waals surface area contributed by atoms with Crippen molar-refractivity contribution in [3.63, 3.8) is 0 Å². The molecule has 2 saturated heterocycles. The lowest BCUT2D eigenvalue weighted by molar-refractivity contribution is -0.135. The van der Waals surface area contributed by atoms with Crippen molar-refractivity contribution in [3.8, 4) is 11.5 Å². The van der Waals surface area contributed by atoms with E-state index in [1.54, 1.807) is 33.8 Å². The number of nitrogens with two attached hydrogens (primary N) is 1. The van der Waals surface area contributed by atoms with Gasteiger partial charge in [-0.15, -0.1) is 0 Å². The Morgan fingerprint density at radius 3 is 2.22 bits per heavy atom. The molecule has 3 heterocycles. The number of aliphatic hydroxyl groups is 1. The van der Waals surface area contributed by atoms with Crippen molar-refractivity contribution >= 4 is 40.7 Å². The Balaban J connectivity index is 1.81. The number of phenols is 1. The normalized spacial score (nSPS) is 26.6. The lowest BCUT2D eigenvalue weighted by Gasteiger charge is -2.39. The molecule has 2 spiro atoms. The predicted molar refractivity (Wildman–Crippen MR) is 163 cm³/mol. The van der Waals surface area contributed by atoms with Gasteiger partial charge in [-0.3, -0.25) is 28.9 Å². The Morgan fingerprint density at radius 2 is 1.62 bits per heavy atom. The number of rotatable bonds is 4. The Bertz CT molecular complexity index is 1900. The minimum absolute atomic E-state index is 0.0585. The van der Waals surface area contributed by atoms with Gasteiger partial charge in [-0.1, -0.05) is 23.8 Å². The first kappa shape index (κ1) is 29.6. The number of carbonyl (C=O) groups excluding carboxylic acids is 5. The molecular formula is C34H31N3O8. The van der Waals surface area contributed by atoms with Crippen molar-refractivity contribution in [3.05, 3.63) is 94.2 Å². The van der Waals surface area contributed by atoms with E-state index in [9.17, 15) is 29.4 Å². The van der Waals surface area contributed by atoms with Gasteiger partial charge < -0.3 is 25.6 Å². The molecule has 230 valence electrons. The number of Topliss-reactive ketones (excluding diaryl/α,β-unsaturated/α-hetero) is 1. The molecule has 0 aromatic heterocycles. The second kappa shape index (κ2) is 9.52. The number of nitrogens with zero attached hydrogens (tertiary/aromatic N) is 2. The van der Waals surface area contributed by atoms with Crippen LogP contribution in [0.25, 0.3) is 5.76 Å². The second-order valence-electron chi connectivity index (χ2n) is 12.3. The highest BCUT2D eigenvalue weighted by molar-refractivity contribution is 6.56. The summed E-state index contributed by atoms with van der Waals surface area (Å²) in [5.41, 5.74) is 1.03. The summed E-state index contributed by atoms with van der Waals surface area (Å²) in [6.07, 6.45) is 3.38. The van der Waals surface area contributed by atoms with Gasteiger partial charge in [0.1, 0.15) is 17.3 Å². The summed E-state index contributed by atoms with van der Waals surface area (Å²) < 4.78 is 5.20. The summed E-state index contributed by atoms with van der Waals surface area (Å²) in [6.45, 7) is 6.86. The first-order chi connectivity index (χ1) is 21.1. The van der Waals surface area contributed by atoms with Crippen molar-refractivity contribution in [2.75, 3.05) is 12.0 Å². The minimum Gasteiger partial charge on any atom is -0.507 e. The SMILES string of the molecule is COc1ccc(C(O)=C2C(=O)C(=O)N(c3ccccc3O)[C@]23C(=O)N2C(=C3C(N)=O)[C@@]3(C=C(C)C(=O)C=C3C)CC2(C)C)cc1. The minimum atomic E-state index is -2.60. The van der Waals surface area contributed by atoms with Gasteiger partial charge in [-0.2, -0.15) is 0 Å². The van der Waals surface area contributed by atoms with Crippen molar-refractivity contribution < 1.29 is 38.9 Å². The Hall–Kier alpha value is -5.45. The summed E-state index contributed by atoms with van der Waals surface area (Å²) in [5.74, 6) is -5.52.